The van der Waals surface area contributed by atoms with Crippen molar-refractivity contribution in [1.29, 1.82) is 0 Å². The number of guanidine groups is 1. The van der Waals surface area contributed by atoms with Gasteiger partial charge in [0.25, 0.3) is 0 Å². The van der Waals surface area contributed by atoms with Gasteiger partial charge in [-0.2, -0.15) is 0 Å². The number of carbonyl (C=O) groups excluding carboxylic acids is 1. The Morgan fingerprint density at radius 1 is 1.50 bits per heavy atom. The standard InChI is InChI=1S/C14H28N4O2/c1-11(2)16-14(15-8-13(19)17(3)4)18-7-6-12(9-18)10-20-5/h11-12H,6-10H2,1-5H3,(H,15,16). The number of ether oxygens (including phenoxy) is 1. The zero-order chi connectivity index (χ0) is 15.1. The summed E-state index contributed by atoms with van der Waals surface area (Å²) < 4.78 is 5.22. The van der Waals surface area contributed by atoms with Crippen LogP contribution in [0.15, 0.2) is 4.99 Å². The van der Waals surface area contributed by atoms with Crippen LogP contribution in [0.1, 0.15) is 20.3 Å². The third-order valence-electron chi connectivity index (χ3n) is 3.27. The van der Waals surface area contributed by atoms with Gasteiger partial charge < -0.3 is 19.9 Å². The lowest BCUT2D eigenvalue weighted by molar-refractivity contribution is -0.127. The van der Waals surface area contributed by atoms with Gasteiger partial charge in [-0.1, -0.05) is 0 Å². The van der Waals surface area contributed by atoms with E-state index in [9.17, 15) is 4.79 Å². The summed E-state index contributed by atoms with van der Waals surface area (Å²) in [6.45, 7) is 7.01. The third-order valence-corrected chi connectivity index (χ3v) is 3.27. The fourth-order valence-electron chi connectivity index (χ4n) is 2.18. The molecule has 1 N–H and O–H groups in total. The molecule has 1 aliphatic rings. The summed E-state index contributed by atoms with van der Waals surface area (Å²) in [6.07, 6.45) is 1.11. The molecule has 0 aliphatic carbocycles. The van der Waals surface area contributed by atoms with Gasteiger partial charge in [0.05, 0.1) is 6.61 Å². The summed E-state index contributed by atoms with van der Waals surface area (Å²) in [7, 11) is 5.23. The van der Waals surface area contributed by atoms with E-state index in [1.165, 1.54) is 0 Å². The first-order valence-corrected chi connectivity index (χ1v) is 7.19. The Hall–Kier alpha value is -1.30. The van der Waals surface area contributed by atoms with Crippen LogP contribution >= 0.6 is 0 Å². The van der Waals surface area contributed by atoms with Gasteiger partial charge in [-0.15, -0.1) is 0 Å². The maximum Gasteiger partial charge on any atom is 0.243 e. The number of rotatable bonds is 5. The molecule has 1 aliphatic heterocycles. The molecule has 0 spiro atoms. The molecule has 1 saturated heterocycles. The van der Waals surface area contributed by atoms with Gasteiger partial charge in [0.1, 0.15) is 6.54 Å². The van der Waals surface area contributed by atoms with Crippen LogP contribution in [0.25, 0.3) is 0 Å². The average molecular weight is 284 g/mol. The van der Waals surface area contributed by atoms with Crippen molar-refractivity contribution in [2.24, 2.45) is 10.9 Å². The first-order chi connectivity index (χ1) is 9.43. The van der Waals surface area contributed by atoms with Gasteiger partial charge >= 0.3 is 0 Å². The molecule has 0 aromatic carbocycles. The van der Waals surface area contributed by atoms with Crippen LogP contribution in [0, 0.1) is 5.92 Å². The zero-order valence-corrected chi connectivity index (χ0v) is 13.3. The number of amides is 1. The summed E-state index contributed by atoms with van der Waals surface area (Å²) in [4.78, 5) is 19.9. The molecule has 6 heteroatoms. The minimum atomic E-state index is 0.0145. The molecule has 1 heterocycles. The van der Waals surface area contributed by atoms with E-state index in [0.717, 1.165) is 32.1 Å². The zero-order valence-electron chi connectivity index (χ0n) is 13.3. The van der Waals surface area contributed by atoms with E-state index >= 15 is 0 Å². The van der Waals surface area contributed by atoms with Gasteiger partial charge in [0.2, 0.25) is 5.91 Å². The monoisotopic (exact) mass is 284 g/mol. The van der Waals surface area contributed by atoms with E-state index in [-0.39, 0.29) is 12.5 Å². The van der Waals surface area contributed by atoms with E-state index in [0.29, 0.717) is 12.0 Å². The number of aliphatic imine (C=N–C) groups is 1. The summed E-state index contributed by atoms with van der Waals surface area (Å²) >= 11 is 0. The Kier molecular flexibility index (Phi) is 6.78. The van der Waals surface area contributed by atoms with E-state index < -0.39 is 0 Å². The lowest BCUT2D eigenvalue weighted by Crippen LogP contribution is -2.44. The SMILES string of the molecule is COCC1CCN(C(=NCC(=O)N(C)C)NC(C)C)C1. The summed E-state index contributed by atoms with van der Waals surface area (Å²) in [5, 5.41) is 3.34. The van der Waals surface area contributed by atoms with Crippen LogP contribution < -0.4 is 5.32 Å². The fourth-order valence-corrected chi connectivity index (χ4v) is 2.18. The summed E-state index contributed by atoms with van der Waals surface area (Å²) in [5.41, 5.74) is 0. The van der Waals surface area contributed by atoms with Gasteiger partial charge in [-0.05, 0) is 20.3 Å². The topological polar surface area (TPSA) is 57.2 Å². The molecule has 1 rings (SSSR count). The number of likely N-dealkylation sites (N-methyl/N-ethyl adjacent to an activating group) is 1. The predicted octanol–water partition coefficient (Wildman–Crippen LogP) is 0.397. The Bertz CT molecular complexity index is 342. The normalized spacial score (nSPS) is 19.6. The lowest BCUT2D eigenvalue weighted by Gasteiger charge is -2.24. The van der Waals surface area contributed by atoms with Crippen LogP contribution in [0.4, 0.5) is 0 Å². The van der Waals surface area contributed by atoms with Crippen molar-refractivity contribution in [2.75, 3.05) is 47.4 Å². The number of carbonyl (C=O) groups is 1. The Labute approximate surface area is 122 Å². The van der Waals surface area contributed by atoms with Gasteiger partial charge in [-0.3, -0.25) is 4.79 Å². The number of hydrogen-bond donors (Lipinski definition) is 1. The van der Waals surface area contributed by atoms with Gasteiger partial charge in [0, 0.05) is 46.3 Å². The van der Waals surface area contributed by atoms with E-state index in [4.69, 9.17) is 4.74 Å². The second-order valence-corrected chi connectivity index (χ2v) is 5.78. The van der Waals surface area contributed by atoms with Crippen molar-refractivity contribution >= 4 is 11.9 Å². The van der Waals surface area contributed by atoms with Crippen LogP contribution in [0.3, 0.4) is 0 Å². The molecule has 116 valence electrons. The predicted molar refractivity (Wildman–Crippen MR) is 80.8 cm³/mol. The molecule has 0 aromatic heterocycles. The molecule has 1 unspecified atom stereocenters. The van der Waals surface area contributed by atoms with Crippen LogP contribution in [0.2, 0.25) is 0 Å². The highest BCUT2D eigenvalue weighted by molar-refractivity contribution is 5.85. The Morgan fingerprint density at radius 2 is 2.20 bits per heavy atom. The van der Waals surface area contributed by atoms with Crippen molar-refractivity contribution in [1.82, 2.24) is 15.1 Å². The van der Waals surface area contributed by atoms with Crippen molar-refractivity contribution in [2.45, 2.75) is 26.3 Å². The van der Waals surface area contributed by atoms with Gasteiger partial charge in [0.15, 0.2) is 5.96 Å². The number of likely N-dealkylation sites (tertiary alicyclic amines) is 1. The number of hydrogen-bond acceptors (Lipinski definition) is 3. The first-order valence-electron chi connectivity index (χ1n) is 7.19. The average Bonchev–Trinajstić information content (AvgIpc) is 2.82. The molecule has 0 saturated carbocycles. The Balaban J connectivity index is 2.65. The molecule has 1 amide bonds. The van der Waals surface area contributed by atoms with E-state index in [2.05, 4.69) is 29.1 Å². The second-order valence-electron chi connectivity index (χ2n) is 5.78. The van der Waals surface area contributed by atoms with Crippen LogP contribution in [-0.4, -0.2) is 75.2 Å². The van der Waals surface area contributed by atoms with Crippen molar-refractivity contribution < 1.29 is 9.53 Å². The summed E-state index contributed by atoms with van der Waals surface area (Å²) in [5.74, 6) is 1.39. The van der Waals surface area contributed by atoms with E-state index in [1.807, 2.05) is 0 Å². The van der Waals surface area contributed by atoms with Crippen molar-refractivity contribution in [3.63, 3.8) is 0 Å². The number of nitrogens with zero attached hydrogens (tertiary/aromatic N) is 3. The van der Waals surface area contributed by atoms with Crippen LogP contribution in [0.5, 0.6) is 0 Å². The molecule has 6 nitrogen and oxygen atoms in total. The highest BCUT2D eigenvalue weighted by Crippen LogP contribution is 2.16. The fraction of sp³-hybridized carbons (Fsp3) is 0.857. The second kappa shape index (κ2) is 8.09. The molecule has 0 aromatic rings. The maximum atomic E-state index is 11.7. The number of nitrogens with one attached hydrogen (secondary N) is 1. The lowest BCUT2D eigenvalue weighted by atomic mass is 10.1. The molecular formula is C14H28N4O2. The molecular weight excluding hydrogens is 256 g/mol. The minimum Gasteiger partial charge on any atom is -0.384 e. The Morgan fingerprint density at radius 3 is 2.75 bits per heavy atom. The molecule has 1 fully saturated rings. The maximum absolute atomic E-state index is 11.7. The smallest absolute Gasteiger partial charge is 0.243 e. The number of methoxy groups -OCH3 is 1. The molecule has 1 atom stereocenters. The van der Waals surface area contributed by atoms with Crippen LogP contribution in [-0.2, 0) is 9.53 Å². The minimum absolute atomic E-state index is 0.0145. The largest absolute Gasteiger partial charge is 0.384 e. The highest BCUT2D eigenvalue weighted by Gasteiger charge is 2.25. The van der Waals surface area contributed by atoms with Crippen molar-refractivity contribution in [3.8, 4) is 0 Å². The molecule has 0 bridgehead atoms. The molecule has 20 heavy (non-hydrogen) atoms. The third kappa shape index (κ3) is 5.36. The quantitative estimate of drug-likeness (QED) is 0.586. The van der Waals surface area contributed by atoms with E-state index in [1.54, 1.807) is 26.1 Å². The van der Waals surface area contributed by atoms with Gasteiger partial charge in [-0.25, -0.2) is 4.99 Å². The molecule has 0 radical (unpaired) electrons. The first kappa shape index (κ1) is 16.8. The highest BCUT2D eigenvalue weighted by atomic mass is 16.5. The van der Waals surface area contributed by atoms with Crippen molar-refractivity contribution in [3.05, 3.63) is 0 Å². The summed E-state index contributed by atoms with van der Waals surface area (Å²) in [6, 6.07) is 0.296.